The number of piperazine rings is 1. The van der Waals surface area contributed by atoms with Crippen LogP contribution in [0.15, 0.2) is 24.4 Å². The van der Waals surface area contributed by atoms with Crippen molar-refractivity contribution >= 4 is 28.8 Å². The van der Waals surface area contributed by atoms with Crippen molar-refractivity contribution in [2.75, 3.05) is 43.4 Å². The highest BCUT2D eigenvalue weighted by molar-refractivity contribution is 6.30. The van der Waals surface area contributed by atoms with E-state index in [4.69, 9.17) is 11.6 Å². The molecule has 27 heavy (non-hydrogen) atoms. The summed E-state index contributed by atoms with van der Waals surface area (Å²) >= 11 is 6.06. The topological polar surface area (TPSA) is 44.3 Å². The standard InChI is InChI=1S/C18H21ClF3N5/c1-3-15-17(19)25-16(11-23-15)24-13-8-12(18(20,21)22)9-14(10-13)27-6-4-26(2)5-7-27/h8-11H,3-7H2,1-2H3,(H,24,25). The van der Waals surface area contributed by atoms with Crippen LogP contribution in [0.3, 0.4) is 0 Å². The summed E-state index contributed by atoms with van der Waals surface area (Å²) in [4.78, 5) is 12.5. The molecular formula is C18H21ClF3N5. The van der Waals surface area contributed by atoms with Crippen LogP contribution >= 0.6 is 11.6 Å². The fourth-order valence-corrected chi connectivity index (χ4v) is 3.20. The van der Waals surface area contributed by atoms with Gasteiger partial charge in [0.05, 0.1) is 17.5 Å². The second-order valence-electron chi connectivity index (χ2n) is 6.53. The lowest BCUT2D eigenvalue weighted by atomic mass is 10.1. The second kappa shape index (κ2) is 7.90. The summed E-state index contributed by atoms with van der Waals surface area (Å²) in [5, 5.41) is 3.15. The summed E-state index contributed by atoms with van der Waals surface area (Å²) in [6.45, 7) is 4.86. The Kier molecular flexibility index (Phi) is 5.76. The first-order valence-corrected chi connectivity index (χ1v) is 9.08. The molecule has 1 aromatic heterocycles. The largest absolute Gasteiger partial charge is 0.416 e. The van der Waals surface area contributed by atoms with Crippen LogP contribution in [0.2, 0.25) is 5.15 Å². The number of benzene rings is 1. The molecule has 146 valence electrons. The Labute approximate surface area is 161 Å². The first-order valence-electron chi connectivity index (χ1n) is 8.70. The monoisotopic (exact) mass is 399 g/mol. The molecule has 2 aromatic rings. The van der Waals surface area contributed by atoms with Crippen LogP contribution in [0.1, 0.15) is 18.2 Å². The number of aromatic nitrogens is 2. The van der Waals surface area contributed by atoms with Crippen molar-refractivity contribution < 1.29 is 13.2 Å². The number of rotatable bonds is 4. The molecule has 1 aliphatic rings. The molecule has 0 bridgehead atoms. The van der Waals surface area contributed by atoms with Gasteiger partial charge in [-0.2, -0.15) is 13.2 Å². The molecule has 2 heterocycles. The van der Waals surface area contributed by atoms with E-state index in [9.17, 15) is 13.2 Å². The SMILES string of the molecule is CCc1ncc(Nc2cc(N3CCN(C)CC3)cc(C(F)(F)F)c2)nc1Cl. The quantitative estimate of drug-likeness (QED) is 0.834. The predicted octanol–water partition coefficient (Wildman–Crippen LogP) is 4.21. The number of halogens is 4. The molecule has 3 rings (SSSR count). The van der Waals surface area contributed by atoms with E-state index in [2.05, 4.69) is 20.2 Å². The molecule has 0 atom stereocenters. The summed E-state index contributed by atoms with van der Waals surface area (Å²) < 4.78 is 40.1. The van der Waals surface area contributed by atoms with Gasteiger partial charge >= 0.3 is 6.18 Å². The average Bonchev–Trinajstić information content (AvgIpc) is 2.61. The minimum Gasteiger partial charge on any atom is -0.369 e. The number of anilines is 3. The van der Waals surface area contributed by atoms with Gasteiger partial charge in [0.1, 0.15) is 0 Å². The molecule has 5 nitrogen and oxygen atoms in total. The number of alkyl halides is 3. The maximum atomic E-state index is 13.4. The highest BCUT2D eigenvalue weighted by atomic mass is 35.5. The number of likely N-dealkylation sites (N-methyl/N-ethyl adjacent to an activating group) is 1. The van der Waals surface area contributed by atoms with Crippen LogP contribution in [0.4, 0.5) is 30.4 Å². The van der Waals surface area contributed by atoms with E-state index in [1.54, 1.807) is 6.07 Å². The maximum absolute atomic E-state index is 13.4. The van der Waals surface area contributed by atoms with Crippen LogP contribution in [0.25, 0.3) is 0 Å². The zero-order valence-electron chi connectivity index (χ0n) is 15.1. The van der Waals surface area contributed by atoms with Crippen LogP contribution < -0.4 is 10.2 Å². The Morgan fingerprint density at radius 1 is 1.15 bits per heavy atom. The third-order valence-corrected chi connectivity index (χ3v) is 4.82. The Bertz CT molecular complexity index is 804. The van der Waals surface area contributed by atoms with Gasteiger partial charge in [-0.3, -0.25) is 4.98 Å². The molecule has 9 heteroatoms. The average molecular weight is 400 g/mol. The maximum Gasteiger partial charge on any atom is 0.416 e. The van der Waals surface area contributed by atoms with E-state index < -0.39 is 11.7 Å². The molecule has 1 saturated heterocycles. The Balaban J connectivity index is 1.91. The van der Waals surface area contributed by atoms with Crippen LogP contribution in [0, 0.1) is 0 Å². The van der Waals surface area contributed by atoms with Gasteiger partial charge in [-0.1, -0.05) is 18.5 Å². The molecule has 0 aliphatic carbocycles. The molecule has 1 aromatic carbocycles. The summed E-state index contributed by atoms with van der Waals surface area (Å²) in [5.74, 6) is 0.306. The first-order chi connectivity index (χ1) is 12.8. The molecule has 0 unspecified atom stereocenters. The normalized spacial score (nSPS) is 15.9. The van der Waals surface area contributed by atoms with Gasteiger partial charge in [0.25, 0.3) is 0 Å². The number of hydrogen-bond acceptors (Lipinski definition) is 5. The minimum atomic E-state index is -4.44. The Morgan fingerprint density at radius 3 is 2.44 bits per heavy atom. The Hall–Kier alpha value is -2.06. The molecule has 0 radical (unpaired) electrons. The summed E-state index contributed by atoms with van der Waals surface area (Å²) in [5.41, 5.74) is 0.771. The predicted molar refractivity (Wildman–Crippen MR) is 101 cm³/mol. The van der Waals surface area contributed by atoms with E-state index in [1.807, 2.05) is 18.9 Å². The van der Waals surface area contributed by atoms with Crippen molar-refractivity contribution in [1.82, 2.24) is 14.9 Å². The summed E-state index contributed by atoms with van der Waals surface area (Å²) in [6.07, 6.45) is -2.34. The van der Waals surface area contributed by atoms with Gasteiger partial charge in [-0.25, -0.2) is 4.98 Å². The Morgan fingerprint density at radius 2 is 1.85 bits per heavy atom. The van der Waals surface area contributed by atoms with Gasteiger partial charge in [-0.15, -0.1) is 0 Å². The lowest BCUT2D eigenvalue weighted by Crippen LogP contribution is -2.44. The second-order valence-corrected chi connectivity index (χ2v) is 6.89. The summed E-state index contributed by atoms with van der Waals surface area (Å²) in [6, 6.07) is 3.96. The van der Waals surface area contributed by atoms with Crippen molar-refractivity contribution in [3.8, 4) is 0 Å². The van der Waals surface area contributed by atoms with Gasteiger partial charge < -0.3 is 15.1 Å². The number of aryl methyl sites for hydroxylation is 1. The van der Waals surface area contributed by atoms with E-state index in [0.717, 1.165) is 19.2 Å². The van der Waals surface area contributed by atoms with Gasteiger partial charge in [-0.05, 0) is 31.7 Å². The fraction of sp³-hybridized carbons (Fsp3) is 0.444. The smallest absolute Gasteiger partial charge is 0.369 e. The zero-order valence-corrected chi connectivity index (χ0v) is 15.9. The number of hydrogen-bond donors (Lipinski definition) is 1. The summed E-state index contributed by atoms with van der Waals surface area (Å²) in [7, 11) is 2.00. The molecule has 0 spiro atoms. The minimum absolute atomic E-state index is 0.244. The van der Waals surface area contributed by atoms with Crippen molar-refractivity contribution in [1.29, 1.82) is 0 Å². The van der Waals surface area contributed by atoms with E-state index in [-0.39, 0.29) is 5.15 Å². The van der Waals surface area contributed by atoms with E-state index in [0.29, 0.717) is 42.4 Å². The third kappa shape index (κ3) is 4.81. The molecule has 0 amide bonds. The third-order valence-electron chi connectivity index (χ3n) is 4.52. The van der Waals surface area contributed by atoms with Gasteiger partial charge in [0.2, 0.25) is 0 Å². The highest BCUT2D eigenvalue weighted by Gasteiger charge is 2.32. The van der Waals surface area contributed by atoms with Crippen LogP contribution in [-0.2, 0) is 12.6 Å². The van der Waals surface area contributed by atoms with Gasteiger partial charge in [0.15, 0.2) is 11.0 Å². The van der Waals surface area contributed by atoms with Crippen molar-refractivity contribution in [3.05, 3.63) is 40.8 Å². The lowest BCUT2D eigenvalue weighted by molar-refractivity contribution is -0.137. The van der Waals surface area contributed by atoms with Crippen LogP contribution in [0.5, 0.6) is 0 Å². The molecule has 1 aliphatic heterocycles. The zero-order chi connectivity index (χ0) is 19.6. The van der Waals surface area contributed by atoms with Crippen LogP contribution in [-0.4, -0.2) is 48.1 Å². The lowest BCUT2D eigenvalue weighted by Gasteiger charge is -2.34. The first kappa shape index (κ1) is 19.7. The fourth-order valence-electron chi connectivity index (χ4n) is 2.93. The number of nitrogens with one attached hydrogen (secondary N) is 1. The van der Waals surface area contributed by atoms with E-state index >= 15 is 0 Å². The van der Waals surface area contributed by atoms with Gasteiger partial charge in [0, 0.05) is 37.6 Å². The number of nitrogens with zero attached hydrogens (tertiary/aromatic N) is 4. The van der Waals surface area contributed by atoms with Crippen molar-refractivity contribution in [2.45, 2.75) is 19.5 Å². The molecular weight excluding hydrogens is 379 g/mol. The van der Waals surface area contributed by atoms with Crippen molar-refractivity contribution in [3.63, 3.8) is 0 Å². The van der Waals surface area contributed by atoms with E-state index in [1.165, 1.54) is 12.3 Å². The molecule has 0 saturated carbocycles. The highest BCUT2D eigenvalue weighted by Crippen LogP contribution is 2.35. The molecule has 1 N–H and O–H groups in total. The molecule has 1 fully saturated rings. The van der Waals surface area contributed by atoms with Crippen molar-refractivity contribution in [2.24, 2.45) is 0 Å².